The lowest BCUT2D eigenvalue weighted by atomic mass is 10.3. The monoisotopic (exact) mass is 270 g/mol. The van der Waals surface area contributed by atoms with E-state index in [2.05, 4.69) is 15.3 Å². The van der Waals surface area contributed by atoms with Gasteiger partial charge in [-0.15, -0.1) is 0 Å². The molecule has 19 heavy (non-hydrogen) atoms. The molecule has 1 heterocycles. The van der Waals surface area contributed by atoms with Crippen molar-refractivity contribution < 1.29 is 19.4 Å². The SMILES string of the molecule is COCCN(C)CCNC(=O)c1nc[nH]c1C(=O)O. The molecule has 0 spiro atoms. The van der Waals surface area contributed by atoms with Crippen LogP contribution < -0.4 is 5.32 Å². The highest BCUT2D eigenvalue weighted by Crippen LogP contribution is 2.02. The zero-order valence-electron chi connectivity index (χ0n) is 11.0. The van der Waals surface area contributed by atoms with Gasteiger partial charge in [0.15, 0.2) is 11.4 Å². The highest BCUT2D eigenvalue weighted by molar-refractivity contribution is 6.02. The number of carbonyl (C=O) groups excluding carboxylic acids is 1. The molecule has 0 radical (unpaired) electrons. The van der Waals surface area contributed by atoms with E-state index in [9.17, 15) is 9.59 Å². The van der Waals surface area contributed by atoms with Crippen molar-refractivity contribution >= 4 is 11.9 Å². The fourth-order valence-electron chi connectivity index (χ4n) is 1.43. The lowest BCUT2D eigenvalue weighted by Crippen LogP contribution is -2.35. The van der Waals surface area contributed by atoms with Crippen molar-refractivity contribution in [3.63, 3.8) is 0 Å². The number of aromatic amines is 1. The summed E-state index contributed by atoms with van der Waals surface area (Å²) in [7, 11) is 3.53. The van der Waals surface area contributed by atoms with Gasteiger partial charge in [-0.05, 0) is 7.05 Å². The molecule has 1 aromatic heterocycles. The molecule has 106 valence electrons. The van der Waals surface area contributed by atoms with E-state index in [-0.39, 0.29) is 11.4 Å². The van der Waals surface area contributed by atoms with Crippen molar-refractivity contribution in [2.45, 2.75) is 0 Å². The summed E-state index contributed by atoms with van der Waals surface area (Å²) in [5.74, 6) is -1.71. The number of carboxylic acids is 1. The Morgan fingerprint density at radius 2 is 2.26 bits per heavy atom. The number of imidazole rings is 1. The normalized spacial score (nSPS) is 10.7. The van der Waals surface area contributed by atoms with Crippen molar-refractivity contribution in [1.29, 1.82) is 0 Å². The van der Waals surface area contributed by atoms with Crippen molar-refractivity contribution in [3.8, 4) is 0 Å². The Morgan fingerprint density at radius 3 is 2.89 bits per heavy atom. The second-order valence-electron chi connectivity index (χ2n) is 3.98. The van der Waals surface area contributed by atoms with E-state index < -0.39 is 11.9 Å². The summed E-state index contributed by atoms with van der Waals surface area (Å²) in [6.45, 7) is 2.43. The Labute approximate surface area is 110 Å². The number of hydrogen-bond acceptors (Lipinski definition) is 5. The molecule has 1 aromatic rings. The molecule has 0 aliphatic rings. The van der Waals surface area contributed by atoms with Crippen LogP contribution >= 0.6 is 0 Å². The third kappa shape index (κ3) is 4.68. The molecule has 0 aliphatic carbocycles. The molecule has 0 aliphatic heterocycles. The molecule has 0 bridgehead atoms. The number of nitrogens with one attached hydrogen (secondary N) is 2. The largest absolute Gasteiger partial charge is 0.477 e. The van der Waals surface area contributed by atoms with Crippen LogP contribution in [-0.2, 0) is 4.74 Å². The van der Waals surface area contributed by atoms with Gasteiger partial charge >= 0.3 is 5.97 Å². The average molecular weight is 270 g/mol. The van der Waals surface area contributed by atoms with Gasteiger partial charge in [-0.1, -0.05) is 0 Å². The van der Waals surface area contributed by atoms with Gasteiger partial charge in [-0.3, -0.25) is 4.79 Å². The molecule has 0 saturated heterocycles. The van der Waals surface area contributed by atoms with Crippen LogP contribution in [0.1, 0.15) is 21.0 Å². The van der Waals surface area contributed by atoms with Gasteiger partial charge < -0.3 is 25.0 Å². The van der Waals surface area contributed by atoms with Crippen LogP contribution in [0.2, 0.25) is 0 Å². The predicted octanol–water partition coefficient (Wildman–Crippen LogP) is -0.584. The third-order valence-corrected chi connectivity index (χ3v) is 2.52. The highest BCUT2D eigenvalue weighted by atomic mass is 16.5. The minimum Gasteiger partial charge on any atom is -0.477 e. The zero-order valence-corrected chi connectivity index (χ0v) is 11.0. The fourth-order valence-corrected chi connectivity index (χ4v) is 1.43. The second kappa shape index (κ2) is 7.49. The van der Waals surface area contributed by atoms with Crippen LogP contribution in [0.15, 0.2) is 6.33 Å². The van der Waals surface area contributed by atoms with E-state index in [1.165, 1.54) is 6.33 Å². The van der Waals surface area contributed by atoms with Gasteiger partial charge in [0.05, 0.1) is 12.9 Å². The van der Waals surface area contributed by atoms with E-state index in [0.717, 1.165) is 6.54 Å². The average Bonchev–Trinajstić information content (AvgIpc) is 2.85. The van der Waals surface area contributed by atoms with Crippen LogP contribution in [0.3, 0.4) is 0 Å². The molecular formula is C11H18N4O4. The number of likely N-dealkylation sites (N-methyl/N-ethyl adjacent to an activating group) is 1. The summed E-state index contributed by atoms with van der Waals surface area (Å²) < 4.78 is 4.93. The van der Waals surface area contributed by atoms with E-state index >= 15 is 0 Å². The molecule has 8 heteroatoms. The van der Waals surface area contributed by atoms with Gasteiger partial charge in [0, 0.05) is 26.7 Å². The Morgan fingerprint density at radius 1 is 1.53 bits per heavy atom. The maximum Gasteiger partial charge on any atom is 0.354 e. The minimum absolute atomic E-state index is 0.105. The first-order valence-electron chi connectivity index (χ1n) is 5.78. The number of nitrogens with zero attached hydrogens (tertiary/aromatic N) is 2. The summed E-state index contributed by atoms with van der Waals surface area (Å²) in [4.78, 5) is 30.7. The number of methoxy groups -OCH3 is 1. The van der Waals surface area contributed by atoms with Gasteiger partial charge in [0.1, 0.15) is 0 Å². The van der Waals surface area contributed by atoms with E-state index in [1.807, 2.05) is 11.9 Å². The lowest BCUT2D eigenvalue weighted by molar-refractivity contribution is 0.0685. The summed E-state index contributed by atoms with van der Waals surface area (Å²) in [5, 5.41) is 11.5. The number of rotatable bonds is 8. The lowest BCUT2D eigenvalue weighted by Gasteiger charge is -2.15. The van der Waals surface area contributed by atoms with Gasteiger partial charge in [-0.25, -0.2) is 9.78 Å². The number of aromatic carboxylic acids is 1. The molecule has 8 nitrogen and oxygen atoms in total. The van der Waals surface area contributed by atoms with Crippen LogP contribution in [0, 0.1) is 0 Å². The maximum absolute atomic E-state index is 11.7. The highest BCUT2D eigenvalue weighted by Gasteiger charge is 2.19. The minimum atomic E-state index is -1.21. The first-order chi connectivity index (χ1) is 9.06. The summed E-state index contributed by atoms with van der Waals surface area (Å²) in [6, 6.07) is 0. The Bertz CT molecular complexity index is 432. The Balaban J connectivity index is 2.39. The number of hydrogen-bond donors (Lipinski definition) is 3. The van der Waals surface area contributed by atoms with Gasteiger partial charge in [0.2, 0.25) is 0 Å². The third-order valence-electron chi connectivity index (χ3n) is 2.52. The van der Waals surface area contributed by atoms with Crippen molar-refractivity contribution in [2.75, 3.05) is 40.4 Å². The quantitative estimate of drug-likeness (QED) is 0.583. The first kappa shape index (κ1) is 15.1. The predicted molar refractivity (Wildman–Crippen MR) is 67.3 cm³/mol. The number of amides is 1. The smallest absolute Gasteiger partial charge is 0.354 e. The topological polar surface area (TPSA) is 108 Å². The first-order valence-corrected chi connectivity index (χ1v) is 5.78. The van der Waals surface area contributed by atoms with Crippen molar-refractivity contribution in [3.05, 3.63) is 17.7 Å². The van der Waals surface area contributed by atoms with Gasteiger partial charge in [-0.2, -0.15) is 0 Å². The van der Waals surface area contributed by atoms with E-state index in [4.69, 9.17) is 9.84 Å². The molecular weight excluding hydrogens is 252 g/mol. The Hall–Kier alpha value is -1.93. The van der Waals surface area contributed by atoms with Crippen molar-refractivity contribution in [1.82, 2.24) is 20.2 Å². The molecule has 0 saturated carbocycles. The number of carboxylic acid groups (broad SMARTS) is 1. The number of H-pyrrole nitrogens is 1. The zero-order chi connectivity index (χ0) is 14.3. The van der Waals surface area contributed by atoms with Crippen LogP contribution in [-0.4, -0.2) is 72.2 Å². The molecule has 0 unspecified atom stereocenters. The van der Waals surface area contributed by atoms with Gasteiger partial charge in [0.25, 0.3) is 5.91 Å². The number of ether oxygens (including phenoxy) is 1. The number of aromatic nitrogens is 2. The molecule has 0 aromatic carbocycles. The Kier molecular flexibility index (Phi) is 5.97. The standard InChI is InChI=1S/C11H18N4O4/c1-15(5-6-19-2)4-3-12-10(16)8-9(11(17)18)14-7-13-8/h7H,3-6H2,1-2H3,(H,12,16)(H,13,14)(H,17,18). The van der Waals surface area contributed by atoms with Crippen LogP contribution in [0.5, 0.6) is 0 Å². The maximum atomic E-state index is 11.7. The molecule has 1 rings (SSSR count). The number of carbonyl (C=O) groups is 2. The summed E-state index contributed by atoms with van der Waals surface area (Å²) in [5.41, 5.74) is -0.308. The molecule has 0 fully saturated rings. The molecule has 1 amide bonds. The van der Waals surface area contributed by atoms with E-state index in [0.29, 0.717) is 19.7 Å². The molecule has 0 atom stereocenters. The second-order valence-corrected chi connectivity index (χ2v) is 3.98. The van der Waals surface area contributed by atoms with Crippen LogP contribution in [0.4, 0.5) is 0 Å². The summed E-state index contributed by atoms with van der Waals surface area (Å²) >= 11 is 0. The fraction of sp³-hybridized carbons (Fsp3) is 0.545. The van der Waals surface area contributed by atoms with E-state index in [1.54, 1.807) is 7.11 Å². The summed E-state index contributed by atoms with van der Waals surface area (Å²) in [6.07, 6.45) is 1.18. The van der Waals surface area contributed by atoms with Crippen LogP contribution in [0.25, 0.3) is 0 Å². The molecule has 3 N–H and O–H groups in total. The van der Waals surface area contributed by atoms with Crippen molar-refractivity contribution in [2.24, 2.45) is 0 Å².